The SMILES string of the molecule is FC(F)Oc1ccc(CNc2ccsc2)c(OC(F)F)c1. The fourth-order valence-electron chi connectivity index (χ4n) is 1.63. The molecule has 1 aromatic heterocycles. The van der Waals surface area contributed by atoms with Gasteiger partial charge in [0.25, 0.3) is 0 Å². The molecule has 0 aliphatic rings. The van der Waals surface area contributed by atoms with E-state index in [1.54, 1.807) is 0 Å². The number of hydrogen-bond donors (Lipinski definition) is 1. The highest BCUT2D eigenvalue weighted by Gasteiger charge is 2.13. The van der Waals surface area contributed by atoms with Gasteiger partial charge in [-0.15, -0.1) is 0 Å². The Morgan fingerprint density at radius 1 is 1.05 bits per heavy atom. The van der Waals surface area contributed by atoms with Gasteiger partial charge in [0, 0.05) is 29.2 Å². The van der Waals surface area contributed by atoms with Crippen LogP contribution in [-0.2, 0) is 6.54 Å². The molecule has 3 nitrogen and oxygen atoms in total. The number of halogens is 4. The average molecular weight is 321 g/mol. The van der Waals surface area contributed by atoms with Gasteiger partial charge in [-0.1, -0.05) is 0 Å². The number of alkyl halides is 4. The normalized spacial score (nSPS) is 11.0. The molecule has 114 valence electrons. The van der Waals surface area contributed by atoms with Crippen LogP contribution in [-0.4, -0.2) is 13.2 Å². The third kappa shape index (κ3) is 4.82. The molecule has 0 unspecified atom stereocenters. The molecule has 2 aromatic rings. The lowest BCUT2D eigenvalue weighted by atomic mass is 10.2. The van der Waals surface area contributed by atoms with Crippen LogP contribution in [0.1, 0.15) is 5.56 Å². The minimum atomic E-state index is -3.05. The van der Waals surface area contributed by atoms with E-state index in [1.807, 2.05) is 16.8 Å². The van der Waals surface area contributed by atoms with Crippen LogP contribution in [0.4, 0.5) is 23.2 Å². The highest BCUT2D eigenvalue weighted by Crippen LogP contribution is 2.28. The van der Waals surface area contributed by atoms with Gasteiger partial charge in [-0.3, -0.25) is 0 Å². The van der Waals surface area contributed by atoms with E-state index in [0.29, 0.717) is 5.56 Å². The summed E-state index contributed by atoms with van der Waals surface area (Å²) in [4.78, 5) is 0. The molecule has 1 N–H and O–H groups in total. The van der Waals surface area contributed by atoms with Crippen LogP contribution in [0.25, 0.3) is 0 Å². The van der Waals surface area contributed by atoms with Gasteiger partial charge in [0.15, 0.2) is 0 Å². The molecule has 0 atom stereocenters. The number of thiophene rings is 1. The summed E-state index contributed by atoms with van der Waals surface area (Å²) in [6.07, 6.45) is 0. The second-order valence-corrected chi connectivity index (χ2v) is 4.67. The van der Waals surface area contributed by atoms with Crippen molar-refractivity contribution < 1.29 is 27.0 Å². The second kappa shape index (κ2) is 7.16. The molecular weight excluding hydrogens is 310 g/mol. The Bertz CT molecular complexity index is 563. The van der Waals surface area contributed by atoms with Crippen molar-refractivity contribution in [3.63, 3.8) is 0 Å². The van der Waals surface area contributed by atoms with Crippen molar-refractivity contribution in [1.29, 1.82) is 0 Å². The Balaban J connectivity index is 2.13. The zero-order chi connectivity index (χ0) is 15.2. The minimum absolute atomic E-state index is 0.203. The molecule has 0 saturated heterocycles. The van der Waals surface area contributed by atoms with Crippen LogP contribution in [0.3, 0.4) is 0 Å². The standard InChI is InChI=1S/C13H11F4NO2S/c14-12(15)19-10-2-1-8(11(5-10)20-13(16)17)6-18-9-3-4-21-7-9/h1-5,7,12-13,18H,6H2. The molecule has 1 heterocycles. The van der Waals surface area contributed by atoms with Crippen LogP contribution in [0, 0.1) is 0 Å². The molecule has 0 aliphatic carbocycles. The van der Waals surface area contributed by atoms with E-state index in [0.717, 1.165) is 11.8 Å². The first-order chi connectivity index (χ1) is 10.0. The molecule has 1 aromatic carbocycles. The summed E-state index contributed by atoms with van der Waals surface area (Å²) in [5.41, 5.74) is 1.24. The van der Waals surface area contributed by atoms with E-state index in [-0.39, 0.29) is 18.0 Å². The van der Waals surface area contributed by atoms with Gasteiger partial charge in [-0.2, -0.15) is 28.9 Å². The fraction of sp³-hybridized carbons (Fsp3) is 0.231. The van der Waals surface area contributed by atoms with Gasteiger partial charge in [0.1, 0.15) is 11.5 Å². The number of ether oxygens (including phenoxy) is 2. The van der Waals surface area contributed by atoms with E-state index in [4.69, 9.17) is 0 Å². The van der Waals surface area contributed by atoms with Crippen molar-refractivity contribution in [3.8, 4) is 11.5 Å². The first kappa shape index (κ1) is 15.4. The molecule has 0 spiro atoms. The van der Waals surface area contributed by atoms with Crippen LogP contribution < -0.4 is 14.8 Å². The summed E-state index contributed by atoms with van der Waals surface area (Å²) < 4.78 is 57.5. The van der Waals surface area contributed by atoms with Crippen molar-refractivity contribution >= 4 is 17.0 Å². The zero-order valence-corrected chi connectivity index (χ0v) is 11.4. The maximum atomic E-state index is 12.4. The lowest BCUT2D eigenvalue weighted by Crippen LogP contribution is -2.08. The Labute approximate surface area is 122 Å². The Kier molecular flexibility index (Phi) is 5.26. The third-order valence-electron chi connectivity index (χ3n) is 2.48. The minimum Gasteiger partial charge on any atom is -0.435 e. The molecule has 0 saturated carbocycles. The number of benzene rings is 1. The Morgan fingerprint density at radius 2 is 1.81 bits per heavy atom. The number of rotatable bonds is 7. The average Bonchev–Trinajstić information content (AvgIpc) is 2.89. The quantitative estimate of drug-likeness (QED) is 0.758. The van der Waals surface area contributed by atoms with Gasteiger partial charge >= 0.3 is 13.2 Å². The predicted octanol–water partition coefficient (Wildman–Crippen LogP) is 4.56. The van der Waals surface area contributed by atoms with Crippen molar-refractivity contribution in [2.75, 3.05) is 5.32 Å². The molecular formula is C13H11F4NO2S. The van der Waals surface area contributed by atoms with E-state index < -0.39 is 13.2 Å². The number of nitrogens with one attached hydrogen (secondary N) is 1. The lowest BCUT2D eigenvalue weighted by molar-refractivity contribution is -0.0546. The monoisotopic (exact) mass is 321 g/mol. The van der Waals surface area contributed by atoms with Crippen molar-refractivity contribution in [2.24, 2.45) is 0 Å². The van der Waals surface area contributed by atoms with Crippen LogP contribution in [0.15, 0.2) is 35.0 Å². The summed E-state index contributed by atoms with van der Waals surface area (Å²) in [6.45, 7) is -5.86. The van der Waals surface area contributed by atoms with Crippen molar-refractivity contribution in [2.45, 2.75) is 19.8 Å². The van der Waals surface area contributed by atoms with E-state index in [2.05, 4.69) is 14.8 Å². The molecule has 8 heteroatoms. The Morgan fingerprint density at radius 3 is 2.43 bits per heavy atom. The van der Waals surface area contributed by atoms with E-state index >= 15 is 0 Å². The number of anilines is 1. The molecule has 0 fully saturated rings. The van der Waals surface area contributed by atoms with Gasteiger partial charge in [-0.25, -0.2) is 0 Å². The zero-order valence-electron chi connectivity index (χ0n) is 10.6. The molecule has 2 rings (SSSR count). The predicted molar refractivity (Wildman–Crippen MR) is 71.4 cm³/mol. The molecule has 0 amide bonds. The van der Waals surface area contributed by atoms with Gasteiger partial charge < -0.3 is 14.8 Å². The summed E-state index contributed by atoms with van der Waals surface area (Å²) in [5, 5.41) is 6.72. The molecule has 21 heavy (non-hydrogen) atoms. The van der Waals surface area contributed by atoms with E-state index in [9.17, 15) is 17.6 Å². The van der Waals surface area contributed by atoms with Crippen LogP contribution in [0.2, 0.25) is 0 Å². The maximum absolute atomic E-state index is 12.4. The summed E-state index contributed by atoms with van der Waals surface area (Å²) in [6, 6.07) is 5.51. The highest BCUT2D eigenvalue weighted by molar-refractivity contribution is 7.08. The van der Waals surface area contributed by atoms with Gasteiger partial charge in [-0.05, 0) is 23.6 Å². The smallest absolute Gasteiger partial charge is 0.387 e. The maximum Gasteiger partial charge on any atom is 0.387 e. The topological polar surface area (TPSA) is 30.5 Å². The van der Waals surface area contributed by atoms with Crippen molar-refractivity contribution in [3.05, 3.63) is 40.6 Å². The molecule has 0 aliphatic heterocycles. The van der Waals surface area contributed by atoms with Crippen LogP contribution >= 0.6 is 11.3 Å². The number of hydrogen-bond acceptors (Lipinski definition) is 4. The molecule has 0 bridgehead atoms. The molecule has 0 radical (unpaired) electrons. The first-order valence-corrected chi connectivity index (χ1v) is 6.77. The summed E-state index contributed by atoms with van der Waals surface area (Å²) in [5.74, 6) is -0.439. The second-order valence-electron chi connectivity index (χ2n) is 3.89. The van der Waals surface area contributed by atoms with Crippen molar-refractivity contribution in [1.82, 2.24) is 0 Å². The summed E-state index contributed by atoms with van der Waals surface area (Å²) in [7, 11) is 0. The third-order valence-corrected chi connectivity index (χ3v) is 3.17. The van der Waals surface area contributed by atoms with Crippen LogP contribution in [0.5, 0.6) is 11.5 Å². The van der Waals surface area contributed by atoms with E-state index in [1.165, 1.54) is 23.5 Å². The first-order valence-electron chi connectivity index (χ1n) is 5.83. The fourth-order valence-corrected chi connectivity index (χ4v) is 2.24. The lowest BCUT2D eigenvalue weighted by Gasteiger charge is -2.13. The highest BCUT2D eigenvalue weighted by atomic mass is 32.1. The largest absolute Gasteiger partial charge is 0.435 e. The van der Waals surface area contributed by atoms with Gasteiger partial charge in [0.2, 0.25) is 0 Å². The van der Waals surface area contributed by atoms with Gasteiger partial charge in [0.05, 0.1) is 0 Å². The summed E-state index contributed by atoms with van der Waals surface area (Å²) >= 11 is 1.48. The Hall–Kier alpha value is -1.96.